The molecule has 0 saturated carbocycles. The highest BCUT2D eigenvalue weighted by Crippen LogP contribution is 2.25. The van der Waals surface area contributed by atoms with Crippen LogP contribution in [0.3, 0.4) is 0 Å². The van der Waals surface area contributed by atoms with Crippen LogP contribution in [-0.4, -0.2) is 37.7 Å². The summed E-state index contributed by atoms with van der Waals surface area (Å²) in [6.45, 7) is 2.55. The molecule has 1 aliphatic rings. The van der Waals surface area contributed by atoms with Gasteiger partial charge >= 0.3 is 0 Å². The number of ether oxygens (including phenoxy) is 1. The first-order chi connectivity index (χ1) is 7.68. The number of likely N-dealkylation sites (N-methyl/N-ethyl adjacent to an activating group) is 1. The number of hydrogen-bond acceptors (Lipinski definition) is 3. The smallest absolute Gasteiger partial charge is 0.0895 e. The van der Waals surface area contributed by atoms with E-state index in [1.165, 1.54) is 0 Å². The molecule has 0 amide bonds. The van der Waals surface area contributed by atoms with Gasteiger partial charge in [-0.05, 0) is 18.7 Å². The van der Waals surface area contributed by atoms with Crippen LogP contribution in [0.5, 0.6) is 0 Å². The molecular weight excluding hydrogens is 224 g/mol. The van der Waals surface area contributed by atoms with Gasteiger partial charge in [-0.25, -0.2) is 0 Å². The lowest BCUT2D eigenvalue weighted by Crippen LogP contribution is -2.45. The zero-order valence-electron chi connectivity index (χ0n) is 9.40. The number of hydrogen-bond donors (Lipinski definition) is 1. The van der Waals surface area contributed by atoms with Gasteiger partial charge in [0.15, 0.2) is 0 Å². The van der Waals surface area contributed by atoms with Crippen molar-refractivity contribution < 1.29 is 4.74 Å². The average Bonchev–Trinajstić information content (AvgIpc) is 2.29. The van der Waals surface area contributed by atoms with Gasteiger partial charge in [-0.2, -0.15) is 0 Å². The monoisotopic (exact) mass is 240 g/mol. The zero-order chi connectivity index (χ0) is 11.5. The fraction of sp³-hybridized carbons (Fsp3) is 0.500. The molecular formula is C12H17ClN2O. The number of benzene rings is 1. The SMILES string of the molecule is CN1CCOC(C(N)c2ccccc2Cl)C1. The standard InChI is InChI=1S/C12H17ClN2O/c1-15-6-7-16-11(8-15)12(14)9-4-2-3-5-10(9)13/h2-5,11-12H,6-8,14H2,1H3. The fourth-order valence-corrected chi connectivity index (χ4v) is 2.24. The molecule has 88 valence electrons. The molecule has 2 rings (SSSR count). The van der Waals surface area contributed by atoms with Crippen LogP contribution in [0.4, 0.5) is 0 Å². The Morgan fingerprint density at radius 1 is 1.50 bits per heavy atom. The van der Waals surface area contributed by atoms with Crippen molar-refractivity contribution in [2.45, 2.75) is 12.1 Å². The van der Waals surface area contributed by atoms with Gasteiger partial charge in [-0.1, -0.05) is 29.8 Å². The molecule has 4 heteroatoms. The minimum absolute atomic E-state index is 0.0265. The van der Waals surface area contributed by atoms with Gasteiger partial charge < -0.3 is 15.4 Å². The Morgan fingerprint density at radius 3 is 2.94 bits per heavy atom. The van der Waals surface area contributed by atoms with Crippen LogP contribution >= 0.6 is 11.6 Å². The molecule has 1 saturated heterocycles. The molecule has 1 fully saturated rings. The van der Waals surface area contributed by atoms with E-state index in [4.69, 9.17) is 22.1 Å². The van der Waals surface area contributed by atoms with Crippen molar-refractivity contribution in [2.75, 3.05) is 26.7 Å². The van der Waals surface area contributed by atoms with Crippen LogP contribution in [0.1, 0.15) is 11.6 Å². The molecule has 16 heavy (non-hydrogen) atoms. The Balaban J connectivity index is 2.12. The number of nitrogens with zero attached hydrogens (tertiary/aromatic N) is 1. The molecule has 1 heterocycles. The van der Waals surface area contributed by atoms with Crippen molar-refractivity contribution >= 4 is 11.6 Å². The first kappa shape index (κ1) is 11.9. The average molecular weight is 241 g/mol. The van der Waals surface area contributed by atoms with Crippen molar-refractivity contribution in [3.05, 3.63) is 34.9 Å². The van der Waals surface area contributed by atoms with Crippen LogP contribution < -0.4 is 5.73 Å². The van der Waals surface area contributed by atoms with E-state index in [9.17, 15) is 0 Å². The van der Waals surface area contributed by atoms with Crippen molar-refractivity contribution in [2.24, 2.45) is 5.73 Å². The molecule has 0 aromatic heterocycles. The summed E-state index contributed by atoms with van der Waals surface area (Å²) in [5.74, 6) is 0. The minimum atomic E-state index is -0.156. The predicted molar refractivity (Wildman–Crippen MR) is 65.6 cm³/mol. The van der Waals surface area contributed by atoms with Crippen molar-refractivity contribution in [3.8, 4) is 0 Å². The lowest BCUT2D eigenvalue weighted by atomic mass is 10.0. The third-order valence-corrected chi connectivity index (χ3v) is 3.31. The molecule has 2 unspecified atom stereocenters. The van der Waals surface area contributed by atoms with E-state index in [1.807, 2.05) is 24.3 Å². The molecule has 0 radical (unpaired) electrons. The maximum atomic E-state index is 6.20. The van der Waals surface area contributed by atoms with Gasteiger partial charge in [0.2, 0.25) is 0 Å². The molecule has 3 nitrogen and oxygen atoms in total. The van der Waals surface area contributed by atoms with Crippen LogP contribution in [-0.2, 0) is 4.74 Å². The Labute approximate surface area is 101 Å². The van der Waals surface area contributed by atoms with E-state index >= 15 is 0 Å². The number of morpholine rings is 1. The van der Waals surface area contributed by atoms with Gasteiger partial charge in [0.25, 0.3) is 0 Å². The fourth-order valence-electron chi connectivity index (χ4n) is 1.97. The topological polar surface area (TPSA) is 38.5 Å². The minimum Gasteiger partial charge on any atom is -0.374 e. The Bertz CT molecular complexity index is 359. The molecule has 1 aliphatic heterocycles. The lowest BCUT2D eigenvalue weighted by molar-refractivity contribution is -0.0326. The number of halogens is 1. The highest BCUT2D eigenvalue weighted by molar-refractivity contribution is 6.31. The third kappa shape index (κ3) is 2.55. The van der Waals surface area contributed by atoms with Gasteiger partial charge in [0.1, 0.15) is 0 Å². The summed E-state index contributed by atoms with van der Waals surface area (Å²) < 4.78 is 5.69. The van der Waals surface area contributed by atoms with Crippen molar-refractivity contribution in [1.29, 1.82) is 0 Å². The van der Waals surface area contributed by atoms with E-state index in [0.29, 0.717) is 5.02 Å². The van der Waals surface area contributed by atoms with Gasteiger partial charge in [-0.3, -0.25) is 0 Å². The van der Waals surface area contributed by atoms with E-state index in [1.54, 1.807) is 0 Å². The normalized spacial score (nSPS) is 24.3. The second-order valence-electron chi connectivity index (χ2n) is 4.22. The molecule has 1 aromatic rings. The van der Waals surface area contributed by atoms with Gasteiger partial charge in [0.05, 0.1) is 18.8 Å². The van der Waals surface area contributed by atoms with Crippen molar-refractivity contribution in [1.82, 2.24) is 4.90 Å². The maximum absolute atomic E-state index is 6.20. The Hall–Kier alpha value is -0.610. The second kappa shape index (κ2) is 5.15. The largest absolute Gasteiger partial charge is 0.374 e. The second-order valence-corrected chi connectivity index (χ2v) is 4.63. The Kier molecular flexibility index (Phi) is 3.82. The molecule has 2 N–H and O–H groups in total. The van der Waals surface area contributed by atoms with Crippen LogP contribution in [0.25, 0.3) is 0 Å². The third-order valence-electron chi connectivity index (χ3n) is 2.96. The first-order valence-corrected chi connectivity index (χ1v) is 5.86. The summed E-state index contributed by atoms with van der Waals surface area (Å²) in [7, 11) is 2.08. The van der Waals surface area contributed by atoms with Crippen LogP contribution in [0, 0.1) is 0 Å². The highest BCUT2D eigenvalue weighted by Gasteiger charge is 2.26. The molecule has 2 atom stereocenters. The molecule has 0 aliphatic carbocycles. The number of rotatable bonds is 2. The Morgan fingerprint density at radius 2 is 2.25 bits per heavy atom. The molecule has 0 bridgehead atoms. The zero-order valence-corrected chi connectivity index (χ0v) is 10.2. The summed E-state index contributed by atoms with van der Waals surface area (Å²) >= 11 is 6.13. The first-order valence-electron chi connectivity index (χ1n) is 5.48. The highest BCUT2D eigenvalue weighted by atomic mass is 35.5. The maximum Gasteiger partial charge on any atom is 0.0895 e. The van der Waals surface area contributed by atoms with Crippen molar-refractivity contribution in [3.63, 3.8) is 0 Å². The predicted octanol–water partition coefficient (Wildman–Crippen LogP) is 1.67. The van der Waals surface area contributed by atoms with Crippen LogP contribution in [0.2, 0.25) is 5.02 Å². The van der Waals surface area contributed by atoms with Crippen LogP contribution in [0.15, 0.2) is 24.3 Å². The van der Waals surface area contributed by atoms with Gasteiger partial charge in [-0.15, -0.1) is 0 Å². The van der Waals surface area contributed by atoms with E-state index in [-0.39, 0.29) is 12.1 Å². The number of nitrogens with two attached hydrogens (primary N) is 1. The van der Waals surface area contributed by atoms with Gasteiger partial charge in [0, 0.05) is 18.1 Å². The summed E-state index contributed by atoms with van der Waals surface area (Å²) in [5, 5.41) is 0.715. The molecule has 1 aromatic carbocycles. The lowest BCUT2D eigenvalue weighted by Gasteiger charge is -2.33. The summed E-state index contributed by atoms with van der Waals surface area (Å²) in [5.41, 5.74) is 7.16. The van der Waals surface area contributed by atoms with E-state index in [0.717, 1.165) is 25.3 Å². The summed E-state index contributed by atoms with van der Waals surface area (Å²) in [4.78, 5) is 2.23. The van der Waals surface area contributed by atoms with E-state index < -0.39 is 0 Å². The quantitative estimate of drug-likeness (QED) is 0.855. The summed E-state index contributed by atoms with van der Waals surface area (Å²) in [6, 6.07) is 7.53. The summed E-state index contributed by atoms with van der Waals surface area (Å²) in [6.07, 6.45) is 0.0265. The molecule has 0 spiro atoms. The van der Waals surface area contributed by atoms with E-state index in [2.05, 4.69) is 11.9 Å².